The van der Waals surface area contributed by atoms with Gasteiger partial charge < -0.3 is 15.2 Å². The van der Waals surface area contributed by atoms with Gasteiger partial charge in [0.15, 0.2) is 11.5 Å². The van der Waals surface area contributed by atoms with E-state index in [2.05, 4.69) is 4.98 Å². The lowest BCUT2D eigenvalue weighted by Crippen LogP contribution is -2.17. The van der Waals surface area contributed by atoms with Crippen LogP contribution in [0.3, 0.4) is 0 Å². The summed E-state index contributed by atoms with van der Waals surface area (Å²) < 4.78 is 11.1. The van der Waals surface area contributed by atoms with Crippen molar-refractivity contribution >= 4 is 0 Å². The van der Waals surface area contributed by atoms with Gasteiger partial charge in [-0.2, -0.15) is 0 Å². The maximum atomic E-state index is 6.31. The van der Waals surface area contributed by atoms with Crippen LogP contribution in [0.15, 0.2) is 36.5 Å². The fraction of sp³-hybridized carbons (Fsp3) is 0.267. The standard InChI is InChI=1S/C15H16N2O2/c1-10-12(3-2-6-17-10)15(16)11-4-5-13-14(9-11)19-8-7-18-13/h2-6,9,15H,7-8,16H2,1H3. The SMILES string of the molecule is Cc1ncccc1C(N)c1ccc2c(c1)OCCO2. The zero-order valence-electron chi connectivity index (χ0n) is 10.8. The summed E-state index contributed by atoms with van der Waals surface area (Å²) in [6, 6.07) is 9.54. The van der Waals surface area contributed by atoms with Crippen molar-refractivity contribution < 1.29 is 9.47 Å². The molecular formula is C15H16N2O2. The van der Waals surface area contributed by atoms with Gasteiger partial charge in [-0.25, -0.2) is 0 Å². The van der Waals surface area contributed by atoms with E-state index < -0.39 is 0 Å². The van der Waals surface area contributed by atoms with Crippen molar-refractivity contribution in [2.45, 2.75) is 13.0 Å². The molecule has 1 unspecified atom stereocenters. The van der Waals surface area contributed by atoms with Crippen molar-refractivity contribution in [3.05, 3.63) is 53.3 Å². The zero-order valence-corrected chi connectivity index (χ0v) is 10.8. The Morgan fingerprint density at radius 1 is 1.16 bits per heavy atom. The maximum Gasteiger partial charge on any atom is 0.161 e. The maximum absolute atomic E-state index is 6.31. The van der Waals surface area contributed by atoms with Crippen LogP contribution in [0.1, 0.15) is 22.9 Å². The van der Waals surface area contributed by atoms with Gasteiger partial charge in [-0.1, -0.05) is 12.1 Å². The van der Waals surface area contributed by atoms with Gasteiger partial charge in [0, 0.05) is 11.9 Å². The van der Waals surface area contributed by atoms with E-state index in [0.29, 0.717) is 13.2 Å². The van der Waals surface area contributed by atoms with Gasteiger partial charge in [-0.15, -0.1) is 0 Å². The summed E-state index contributed by atoms with van der Waals surface area (Å²) in [6.07, 6.45) is 1.77. The average molecular weight is 256 g/mol. The van der Waals surface area contributed by atoms with Crippen LogP contribution in [0, 0.1) is 6.92 Å². The van der Waals surface area contributed by atoms with Gasteiger partial charge in [-0.05, 0) is 36.2 Å². The van der Waals surface area contributed by atoms with E-state index in [0.717, 1.165) is 28.3 Å². The lowest BCUT2D eigenvalue weighted by Gasteiger charge is -2.21. The highest BCUT2D eigenvalue weighted by Crippen LogP contribution is 2.33. The highest BCUT2D eigenvalue weighted by atomic mass is 16.6. The van der Waals surface area contributed by atoms with Crippen LogP contribution in [-0.2, 0) is 0 Å². The first-order valence-corrected chi connectivity index (χ1v) is 6.32. The van der Waals surface area contributed by atoms with Gasteiger partial charge in [0.2, 0.25) is 0 Å². The summed E-state index contributed by atoms with van der Waals surface area (Å²) in [5.74, 6) is 1.55. The normalized spacial score (nSPS) is 15.1. The Hall–Kier alpha value is -2.07. The van der Waals surface area contributed by atoms with Gasteiger partial charge in [0.1, 0.15) is 13.2 Å². The van der Waals surface area contributed by atoms with Gasteiger partial charge in [0.25, 0.3) is 0 Å². The quantitative estimate of drug-likeness (QED) is 0.895. The van der Waals surface area contributed by atoms with Crippen LogP contribution in [0.4, 0.5) is 0 Å². The van der Waals surface area contributed by atoms with Gasteiger partial charge in [-0.3, -0.25) is 4.98 Å². The number of ether oxygens (including phenoxy) is 2. The molecule has 0 fully saturated rings. The molecule has 4 heteroatoms. The topological polar surface area (TPSA) is 57.4 Å². The number of rotatable bonds is 2. The van der Waals surface area contributed by atoms with Crippen molar-refractivity contribution in [3.63, 3.8) is 0 Å². The molecule has 98 valence electrons. The molecule has 0 aliphatic carbocycles. The molecule has 1 atom stereocenters. The van der Waals surface area contributed by atoms with Crippen LogP contribution in [0.2, 0.25) is 0 Å². The molecule has 0 amide bonds. The number of pyridine rings is 1. The fourth-order valence-corrected chi connectivity index (χ4v) is 2.26. The van der Waals surface area contributed by atoms with Crippen molar-refractivity contribution in [3.8, 4) is 11.5 Å². The van der Waals surface area contributed by atoms with Gasteiger partial charge >= 0.3 is 0 Å². The molecule has 3 rings (SSSR count). The van der Waals surface area contributed by atoms with Crippen LogP contribution in [-0.4, -0.2) is 18.2 Å². The Morgan fingerprint density at radius 2 is 1.95 bits per heavy atom. The van der Waals surface area contributed by atoms with E-state index in [-0.39, 0.29) is 6.04 Å². The lowest BCUT2D eigenvalue weighted by atomic mass is 9.98. The van der Waals surface area contributed by atoms with Crippen molar-refractivity contribution in [2.75, 3.05) is 13.2 Å². The van der Waals surface area contributed by atoms with E-state index in [1.807, 2.05) is 37.3 Å². The Morgan fingerprint density at radius 3 is 2.74 bits per heavy atom. The minimum absolute atomic E-state index is 0.204. The third-order valence-electron chi connectivity index (χ3n) is 3.31. The molecule has 1 aromatic carbocycles. The predicted molar refractivity (Wildman–Crippen MR) is 72.4 cm³/mol. The number of hydrogen-bond acceptors (Lipinski definition) is 4. The molecule has 2 aromatic rings. The highest BCUT2D eigenvalue weighted by molar-refractivity contribution is 5.46. The first-order chi connectivity index (χ1) is 9.25. The monoisotopic (exact) mass is 256 g/mol. The van der Waals surface area contributed by atoms with Crippen LogP contribution < -0.4 is 15.2 Å². The Kier molecular flexibility index (Phi) is 3.09. The third-order valence-corrected chi connectivity index (χ3v) is 3.31. The molecule has 0 bridgehead atoms. The van der Waals surface area contributed by atoms with Crippen molar-refractivity contribution in [1.29, 1.82) is 0 Å². The van der Waals surface area contributed by atoms with Crippen molar-refractivity contribution in [1.82, 2.24) is 4.98 Å². The summed E-state index contributed by atoms with van der Waals surface area (Å²) in [4.78, 5) is 4.28. The number of nitrogens with zero attached hydrogens (tertiary/aromatic N) is 1. The third kappa shape index (κ3) is 2.27. The van der Waals surface area contributed by atoms with E-state index in [1.54, 1.807) is 6.20 Å². The van der Waals surface area contributed by atoms with Crippen molar-refractivity contribution in [2.24, 2.45) is 5.73 Å². The summed E-state index contributed by atoms with van der Waals surface area (Å²) in [6.45, 7) is 3.14. The highest BCUT2D eigenvalue weighted by Gasteiger charge is 2.16. The Labute approximate surface area is 112 Å². The summed E-state index contributed by atoms with van der Waals surface area (Å²) in [5, 5.41) is 0. The minimum Gasteiger partial charge on any atom is -0.486 e. The molecule has 2 heterocycles. The van der Waals surface area contributed by atoms with Crippen LogP contribution in [0.5, 0.6) is 11.5 Å². The molecule has 0 saturated carbocycles. The number of aryl methyl sites for hydroxylation is 1. The number of fused-ring (bicyclic) bond motifs is 1. The molecule has 19 heavy (non-hydrogen) atoms. The largest absolute Gasteiger partial charge is 0.486 e. The Balaban J connectivity index is 1.96. The van der Waals surface area contributed by atoms with Crippen LogP contribution in [0.25, 0.3) is 0 Å². The number of nitrogens with two attached hydrogens (primary N) is 1. The molecule has 0 spiro atoms. The second kappa shape index (κ2) is 4.90. The smallest absolute Gasteiger partial charge is 0.161 e. The molecule has 4 nitrogen and oxygen atoms in total. The summed E-state index contributed by atoms with van der Waals surface area (Å²) >= 11 is 0. The molecule has 1 aliphatic rings. The second-order valence-corrected chi connectivity index (χ2v) is 4.56. The molecular weight excluding hydrogens is 240 g/mol. The molecule has 1 aliphatic heterocycles. The molecule has 0 saturated heterocycles. The lowest BCUT2D eigenvalue weighted by molar-refractivity contribution is 0.171. The Bertz CT molecular complexity index is 598. The van der Waals surface area contributed by atoms with Gasteiger partial charge in [0.05, 0.1) is 6.04 Å². The van der Waals surface area contributed by atoms with Crippen LogP contribution >= 0.6 is 0 Å². The number of aromatic nitrogens is 1. The summed E-state index contributed by atoms with van der Waals surface area (Å²) in [5.41, 5.74) is 9.29. The first kappa shape index (κ1) is 12.0. The molecule has 2 N–H and O–H groups in total. The average Bonchev–Trinajstić information content (AvgIpc) is 2.46. The summed E-state index contributed by atoms with van der Waals surface area (Å²) in [7, 11) is 0. The molecule has 1 aromatic heterocycles. The fourth-order valence-electron chi connectivity index (χ4n) is 2.26. The number of hydrogen-bond donors (Lipinski definition) is 1. The molecule has 0 radical (unpaired) electrons. The van der Waals surface area contributed by atoms with E-state index in [1.165, 1.54) is 0 Å². The minimum atomic E-state index is -0.204. The second-order valence-electron chi connectivity index (χ2n) is 4.56. The predicted octanol–water partition coefficient (Wildman–Crippen LogP) is 2.21. The first-order valence-electron chi connectivity index (χ1n) is 6.32. The number of benzene rings is 1. The van der Waals surface area contributed by atoms with E-state index in [9.17, 15) is 0 Å². The zero-order chi connectivity index (χ0) is 13.2. The van der Waals surface area contributed by atoms with E-state index >= 15 is 0 Å². The van der Waals surface area contributed by atoms with E-state index in [4.69, 9.17) is 15.2 Å².